The number of carboxylic acid groups (broad SMARTS) is 1. The molecule has 0 spiro atoms. The first-order chi connectivity index (χ1) is 12.0. The Morgan fingerprint density at radius 2 is 1.80 bits per heavy atom. The predicted molar refractivity (Wildman–Crippen MR) is 94.3 cm³/mol. The van der Waals surface area contributed by atoms with Crippen molar-refractivity contribution < 1.29 is 19.5 Å². The van der Waals surface area contributed by atoms with Gasteiger partial charge in [-0.05, 0) is 42.9 Å². The highest BCUT2D eigenvalue weighted by Gasteiger charge is 2.17. The molecule has 2 rings (SSSR count). The summed E-state index contributed by atoms with van der Waals surface area (Å²) in [5.41, 5.74) is 1.08. The molecule has 0 unspecified atom stereocenters. The van der Waals surface area contributed by atoms with E-state index < -0.39 is 5.97 Å². The molecule has 0 saturated heterocycles. The van der Waals surface area contributed by atoms with Crippen LogP contribution in [0.5, 0.6) is 0 Å². The number of hydrogen-bond acceptors (Lipinski definition) is 3. The number of amides is 2. The van der Waals surface area contributed by atoms with Gasteiger partial charge in [0.1, 0.15) is 0 Å². The van der Waals surface area contributed by atoms with Gasteiger partial charge >= 0.3 is 5.97 Å². The van der Waals surface area contributed by atoms with Crippen molar-refractivity contribution in [2.24, 2.45) is 5.92 Å². The number of benzene rings is 1. The normalized spacial score (nSPS) is 14.7. The van der Waals surface area contributed by atoms with Crippen molar-refractivity contribution in [3.05, 3.63) is 35.4 Å². The summed E-state index contributed by atoms with van der Waals surface area (Å²) in [4.78, 5) is 34.6. The molecule has 1 saturated carbocycles. The van der Waals surface area contributed by atoms with Crippen LogP contribution in [0.3, 0.4) is 0 Å². The van der Waals surface area contributed by atoms with Crippen LogP contribution in [0.4, 0.5) is 0 Å². The highest BCUT2D eigenvalue weighted by molar-refractivity contribution is 5.87. The predicted octanol–water partition coefficient (Wildman–Crippen LogP) is 2.13. The van der Waals surface area contributed by atoms with Crippen LogP contribution in [-0.4, -0.2) is 36.0 Å². The van der Waals surface area contributed by atoms with Gasteiger partial charge < -0.3 is 15.7 Å². The molecule has 1 aliphatic rings. The third-order valence-corrected chi connectivity index (χ3v) is 4.55. The van der Waals surface area contributed by atoms with E-state index in [1.165, 1.54) is 25.3 Å². The molecule has 1 aliphatic carbocycles. The Labute approximate surface area is 148 Å². The van der Waals surface area contributed by atoms with E-state index in [9.17, 15) is 14.4 Å². The molecule has 2 amide bonds. The zero-order chi connectivity index (χ0) is 18.1. The molecule has 25 heavy (non-hydrogen) atoms. The molecule has 0 heterocycles. The van der Waals surface area contributed by atoms with E-state index in [2.05, 4.69) is 10.6 Å². The Hall–Kier alpha value is -2.37. The van der Waals surface area contributed by atoms with Crippen LogP contribution in [-0.2, 0) is 16.0 Å². The quantitative estimate of drug-likeness (QED) is 0.672. The average molecular weight is 346 g/mol. The van der Waals surface area contributed by atoms with E-state index in [0.29, 0.717) is 25.3 Å². The van der Waals surface area contributed by atoms with Gasteiger partial charge in [-0.2, -0.15) is 0 Å². The van der Waals surface area contributed by atoms with Gasteiger partial charge in [0.2, 0.25) is 11.8 Å². The van der Waals surface area contributed by atoms with Crippen LogP contribution in [0.25, 0.3) is 0 Å². The van der Waals surface area contributed by atoms with Crippen LogP contribution in [0.2, 0.25) is 0 Å². The van der Waals surface area contributed by atoms with Crippen LogP contribution in [0.1, 0.15) is 54.4 Å². The lowest BCUT2D eigenvalue weighted by Crippen LogP contribution is -2.38. The van der Waals surface area contributed by atoms with Crippen molar-refractivity contribution in [2.45, 2.75) is 44.9 Å². The zero-order valence-electron chi connectivity index (χ0n) is 14.4. The molecule has 136 valence electrons. The maximum atomic E-state index is 11.9. The molecule has 3 N–H and O–H groups in total. The lowest BCUT2D eigenvalue weighted by molar-refractivity contribution is -0.126. The Morgan fingerprint density at radius 3 is 2.52 bits per heavy atom. The van der Waals surface area contributed by atoms with Crippen molar-refractivity contribution in [3.8, 4) is 0 Å². The Bertz CT molecular complexity index is 609. The topological polar surface area (TPSA) is 95.5 Å². The Kier molecular flexibility index (Phi) is 7.44. The lowest BCUT2D eigenvalue weighted by atomic mass is 9.87. The SMILES string of the molecule is O=C(CNC(=O)CC1CCCCC1)NCCc1cccc(C(=O)O)c1. The molecule has 1 fully saturated rings. The molecule has 1 aromatic carbocycles. The van der Waals surface area contributed by atoms with E-state index >= 15 is 0 Å². The van der Waals surface area contributed by atoms with Crippen molar-refractivity contribution >= 4 is 17.8 Å². The minimum absolute atomic E-state index is 0.0132. The number of carboxylic acids is 1. The fraction of sp³-hybridized carbons (Fsp3) is 0.526. The highest BCUT2D eigenvalue weighted by Crippen LogP contribution is 2.25. The van der Waals surface area contributed by atoms with Gasteiger partial charge in [-0.15, -0.1) is 0 Å². The van der Waals surface area contributed by atoms with E-state index in [0.717, 1.165) is 18.4 Å². The number of hydrogen-bond donors (Lipinski definition) is 3. The van der Waals surface area contributed by atoms with Gasteiger partial charge in [-0.25, -0.2) is 4.79 Å². The molecule has 1 aromatic rings. The van der Waals surface area contributed by atoms with Gasteiger partial charge in [0.15, 0.2) is 0 Å². The van der Waals surface area contributed by atoms with Crippen molar-refractivity contribution in [1.29, 1.82) is 0 Å². The first-order valence-corrected chi connectivity index (χ1v) is 8.90. The largest absolute Gasteiger partial charge is 0.478 e. The van der Waals surface area contributed by atoms with Gasteiger partial charge in [-0.3, -0.25) is 9.59 Å². The summed E-state index contributed by atoms with van der Waals surface area (Å²) in [6.07, 6.45) is 6.92. The summed E-state index contributed by atoms with van der Waals surface area (Å²) >= 11 is 0. The van der Waals surface area contributed by atoms with Crippen LogP contribution >= 0.6 is 0 Å². The van der Waals surface area contributed by atoms with Gasteiger partial charge in [0.05, 0.1) is 12.1 Å². The smallest absolute Gasteiger partial charge is 0.335 e. The molecular formula is C19H26N2O4. The second kappa shape index (κ2) is 9.81. The first-order valence-electron chi connectivity index (χ1n) is 8.90. The minimum Gasteiger partial charge on any atom is -0.478 e. The van der Waals surface area contributed by atoms with E-state index in [-0.39, 0.29) is 23.9 Å². The third-order valence-electron chi connectivity index (χ3n) is 4.55. The van der Waals surface area contributed by atoms with Crippen LogP contribution in [0, 0.1) is 5.92 Å². The van der Waals surface area contributed by atoms with E-state index in [1.54, 1.807) is 12.1 Å². The van der Waals surface area contributed by atoms with Crippen LogP contribution in [0.15, 0.2) is 24.3 Å². The summed E-state index contributed by atoms with van der Waals surface area (Å²) in [7, 11) is 0. The maximum absolute atomic E-state index is 11.9. The highest BCUT2D eigenvalue weighted by atomic mass is 16.4. The number of nitrogens with one attached hydrogen (secondary N) is 2. The molecule has 0 radical (unpaired) electrons. The standard InChI is InChI=1S/C19H26N2O4/c22-17(12-14-5-2-1-3-6-14)21-13-18(23)20-10-9-15-7-4-8-16(11-15)19(24)25/h4,7-8,11,14H,1-3,5-6,9-10,12-13H2,(H,20,23)(H,21,22)(H,24,25). The summed E-state index contributed by atoms with van der Waals surface area (Å²) in [5, 5.41) is 14.4. The minimum atomic E-state index is -0.966. The summed E-state index contributed by atoms with van der Waals surface area (Å²) in [6.45, 7) is 0.390. The fourth-order valence-corrected chi connectivity index (χ4v) is 3.17. The van der Waals surface area contributed by atoms with Crippen molar-refractivity contribution in [3.63, 3.8) is 0 Å². The average Bonchev–Trinajstić information content (AvgIpc) is 2.61. The third kappa shape index (κ3) is 6.95. The van der Waals surface area contributed by atoms with Crippen molar-refractivity contribution in [1.82, 2.24) is 10.6 Å². The molecule has 0 atom stereocenters. The molecule has 6 nitrogen and oxygen atoms in total. The summed E-state index contributed by atoms with van der Waals surface area (Å²) in [6, 6.07) is 6.64. The molecule has 0 aliphatic heterocycles. The Balaban J connectivity index is 1.62. The molecule has 0 bridgehead atoms. The lowest BCUT2D eigenvalue weighted by Gasteiger charge is -2.20. The van der Waals surface area contributed by atoms with E-state index in [1.807, 2.05) is 6.07 Å². The summed E-state index contributed by atoms with van der Waals surface area (Å²) < 4.78 is 0. The maximum Gasteiger partial charge on any atom is 0.335 e. The van der Waals surface area contributed by atoms with Gasteiger partial charge in [-0.1, -0.05) is 31.4 Å². The summed E-state index contributed by atoms with van der Waals surface area (Å²) in [5.74, 6) is -0.799. The Morgan fingerprint density at radius 1 is 1.04 bits per heavy atom. The van der Waals surface area contributed by atoms with Crippen molar-refractivity contribution in [2.75, 3.05) is 13.1 Å². The van der Waals surface area contributed by atoms with Gasteiger partial charge in [0, 0.05) is 13.0 Å². The fourth-order valence-electron chi connectivity index (χ4n) is 3.17. The second-order valence-corrected chi connectivity index (χ2v) is 6.59. The number of rotatable bonds is 8. The number of carbonyl (C=O) groups excluding carboxylic acids is 2. The number of carbonyl (C=O) groups is 3. The molecule has 0 aromatic heterocycles. The monoisotopic (exact) mass is 346 g/mol. The zero-order valence-corrected chi connectivity index (χ0v) is 14.4. The molecule has 6 heteroatoms. The van der Waals surface area contributed by atoms with Gasteiger partial charge in [0.25, 0.3) is 0 Å². The van der Waals surface area contributed by atoms with E-state index in [4.69, 9.17) is 5.11 Å². The number of aromatic carboxylic acids is 1. The molecular weight excluding hydrogens is 320 g/mol. The van der Waals surface area contributed by atoms with Crippen LogP contribution < -0.4 is 10.6 Å². The second-order valence-electron chi connectivity index (χ2n) is 6.59. The first kappa shape index (κ1) is 19.0.